The van der Waals surface area contributed by atoms with Gasteiger partial charge in [0.1, 0.15) is 6.04 Å². The number of amides is 2. The number of carbonyl (C=O) groups excluding carboxylic acids is 2. The molecule has 0 bridgehead atoms. The Morgan fingerprint density at radius 3 is 2.43 bits per heavy atom. The summed E-state index contributed by atoms with van der Waals surface area (Å²) in [6, 6.07) is 3.13. The molecule has 2 rings (SSSR count). The molecule has 1 heterocycles. The van der Waals surface area contributed by atoms with Crippen LogP contribution in [0, 0.1) is 0 Å². The lowest BCUT2D eigenvalue weighted by Crippen LogP contribution is -2.46. The number of rotatable bonds is 7. The Kier molecular flexibility index (Phi) is 4.78. The summed E-state index contributed by atoms with van der Waals surface area (Å²) >= 11 is 0. The third kappa shape index (κ3) is 3.08. The van der Waals surface area contributed by atoms with Gasteiger partial charge in [-0.1, -0.05) is 25.5 Å². The van der Waals surface area contributed by atoms with Crippen molar-refractivity contribution >= 4 is 23.8 Å². The van der Waals surface area contributed by atoms with Crippen LogP contribution in [0.15, 0.2) is 18.2 Å². The molecule has 7 nitrogen and oxygen atoms in total. The first kappa shape index (κ1) is 16.7. The van der Waals surface area contributed by atoms with Crippen LogP contribution in [0.1, 0.15) is 52.5 Å². The van der Waals surface area contributed by atoms with Crippen LogP contribution in [0.4, 0.5) is 0 Å². The fourth-order valence-corrected chi connectivity index (χ4v) is 2.69. The number of carbonyl (C=O) groups is 4. The average Bonchev–Trinajstić information content (AvgIpc) is 2.75. The van der Waals surface area contributed by atoms with E-state index in [-0.39, 0.29) is 11.1 Å². The van der Waals surface area contributed by atoms with Gasteiger partial charge in [-0.15, -0.1) is 0 Å². The number of benzene rings is 1. The molecule has 2 N–H and O–H groups in total. The van der Waals surface area contributed by atoms with Crippen molar-refractivity contribution in [3.8, 4) is 0 Å². The summed E-state index contributed by atoms with van der Waals surface area (Å²) in [6.45, 7) is 2.00. The fraction of sp³-hybridized carbons (Fsp3) is 0.375. The molecule has 0 saturated heterocycles. The third-order valence-electron chi connectivity index (χ3n) is 3.80. The summed E-state index contributed by atoms with van der Waals surface area (Å²) < 4.78 is 0. The summed E-state index contributed by atoms with van der Waals surface area (Å²) in [5, 5.41) is 18.0. The molecular weight excluding hydrogens is 302 g/mol. The van der Waals surface area contributed by atoms with Gasteiger partial charge in [0, 0.05) is 0 Å². The minimum Gasteiger partial charge on any atom is -0.481 e. The largest absolute Gasteiger partial charge is 0.481 e. The molecule has 1 aromatic carbocycles. The van der Waals surface area contributed by atoms with Crippen LogP contribution in [0.25, 0.3) is 0 Å². The molecule has 1 aliphatic rings. The normalized spacial score (nSPS) is 14.7. The number of hydrogen-bond acceptors (Lipinski definition) is 4. The van der Waals surface area contributed by atoms with Gasteiger partial charge in [0.2, 0.25) is 0 Å². The summed E-state index contributed by atoms with van der Waals surface area (Å²) in [6.07, 6.45) is 1.51. The highest BCUT2D eigenvalue weighted by atomic mass is 16.4. The van der Waals surface area contributed by atoms with Gasteiger partial charge in [-0.2, -0.15) is 0 Å². The quantitative estimate of drug-likeness (QED) is 0.737. The van der Waals surface area contributed by atoms with Crippen molar-refractivity contribution < 1.29 is 29.4 Å². The topological polar surface area (TPSA) is 112 Å². The lowest BCUT2D eigenvalue weighted by molar-refractivity contribution is -0.147. The molecule has 0 spiro atoms. The molecule has 0 radical (unpaired) electrons. The van der Waals surface area contributed by atoms with Crippen molar-refractivity contribution in [1.82, 2.24) is 4.90 Å². The Hall–Kier alpha value is -2.70. The van der Waals surface area contributed by atoms with Crippen LogP contribution < -0.4 is 0 Å². The molecule has 0 fully saturated rings. The maximum absolute atomic E-state index is 12.6. The second-order valence-corrected chi connectivity index (χ2v) is 5.38. The van der Waals surface area contributed by atoms with E-state index in [0.717, 1.165) is 12.8 Å². The summed E-state index contributed by atoms with van der Waals surface area (Å²) in [5.74, 6) is -4.39. The van der Waals surface area contributed by atoms with E-state index in [9.17, 15) is 24.3 Å². The highest BCUT2D eigenvalue weighted by Gasteiger charge is 2.44. The molecule has 0 saturated carbocycles. The zero-order chi connectivity index (χ0) is 17.1. The van der Waals surface area contributed by atoms with Crippen molar-refractivity contribution in [2.75, 3.05) is 0 Å². The van der Waals surface area contributed by atoms with E-state index in [1.165, 1.54) is 6.07 Å². The predicted octanol–water partition coefficient (Wildman–Crippen LogP) is 1.55. The number of carboxylic acid groups (broad SMARTS) is 2. The second kappa shape index (κ2) is 6.60. The SMILES string of the molecule is CCCCc1cccc2c1C(=O)N(C(CC(=O)O)C(=O)O)C2=O. The molecule has 23 heavy (non-hydrogen) atoms. The Morgan fingerprint density at radius 2 is 1.87 bits per heavy atom. The minimum atomic E-state index is -1.71. The highest BCUT2D eigenvalue weighted by molar-refractivity contribution is 6.23. The van der Waals surface area contributed by atoms with Crippen molar-refractivity contribution in [2.45, 2.75) is 38.6 Å². The van der Waals surface area contributed by atoms with E-state index in [1.54, 1.807) is 12.1 Å². The lowest BCUT2D eigenvalue weighted by Gasteiger charge is -2.20. The van der Waals surface area contributed by atoms with Crippen molar-refractivity contribution in [3.63, 3.8) is 0 Å². The van der Waals surface area contributed by atoms with Gasteiger partial charge in [0.15, 0.2) is 0 Å². The van der Waals surface area contributed by atoms with E-state index in [1.807, 2.05) is 6.92 Å². The van der Waals surface area contributed by atoms with Crippen molar-refractivity contribution in [2.24, 2.45) is 0 Å². The first-order valence-corrected chi connectivity index (χ1v) is 7.32. The minimum absolute atomic E-state index is 0.139. The summed E-state index contributed by atoms with van der Waals surface area (Å²) in [5.41, 5.74) is 1.02. The van der Waals surface area contributed by atoms with E-state index in [0.29, 0.717) is 16.9 Å². The third-order valence-corrected chi connectivity index (χ3v) is 3.80. The molecule has 0 aromatic heterocycles. The molecule has 1 atom stereocenters. The number of fused-ring (bicyclic) bond motifs is 1. The van der Waals surface area contributed by atoms with E-state index >= 15 is 0 Å². The van der Waals surface area contributed by atoms with E-state index in [2.05, 4.69) is 0 Å². The number of hydrogen-bond donors (Lipinski definition) is 2. The second-order valence-electron chi connectivity index (χ2n) is 5.38. The van der Waals surface area contributed by atoms with Gasteiger partial charge < -0.3 is 10.2 Å². The van der Waals surface area contributed by atoms with Crippen LogP contribution in [0.3, 0.4) is 0 Å². The molecule has 1 aliphatic heterocycles. The maximum Gasteiger partial charge on any atom is 0.327 e. The molecule has 1 aromatic rings. The van der Waals surface area contributed by atoms with Gasteiger partial charge in [-0.25, -0.2) is 4.79 Å². The number of aryl methyl sites for hydroxylation is 1. The van der Waals surface area contributed by atoms with Gasteiger partial charge in [-0.3, -0.25) is 19.3 Å². The Labute approximate surface area is 132 Å². The lowest BCUT2D eigenvalue weighted by atomic mass is 9.98. The average molecular weight is 319 g/mol. The van der Waals surface area contributed by atoms with Gasteiger partial charge >= 0.3 is 11.9 Å². The van der Waals surface area contributed by atoms with E-state index < -0.39 is 36.2 Å². The number of nitrogens with zero attached hydrogens (tertiary/aromatic N) is 1. The standard InChI is InChI=1S/C16H17NO6/c1-2-3-5-9-6-4-7-10-13(9)15(21)17(14(10)20)11(16(22)23)8-12(18)19/h4,6-7,11H,2-3,5,8H2,1H3,(H,18,19)(H,22,23). The smallest absolute Gasteiger partial charge is 0.327 e. The number of aliphatic carboxylic acids is 2. The van der Waals surface area contributed by atoms with Gasteiger partial charge in [0.25, 0.3) is 11.8 Å². The first-order valence-electron chi connectivity index (χ1n) is 7.32. The van der Waals surface area contributed by atoms with Crippen LogP contribution >= 0.6 is 0 Å². The van der Waals surface area contributed by atoms with Crippen LogP contribution in [-0.4, -0.2) is 44.9 Å². The Balaban J connectivity index is 2.43. The van der Waals surface area contributed by atoms with Crippen LogP contribution in [0.5, 0.6) is 0 Å². The first-order chi connectivity index (χ1) is 10.9. The van der Waals surface area contributed by atoms with Crippen LogP contribution in [0.2, 0.25) is 0 Å². The maximum atomic E-state index is 12.6. The fourth-order valence-electron chi connectivity index (χ4n) is 2.69. The molecule has 0 aliphatic carbocycles. The monoisotopic (exact) mass is 319 g/mol. The zero-order valence-corrected chi connectivity index (χ0v) is 12.6. The van der Waals surface area contributed by atoms with Gasteiger partial charge in [-0.05, 0) is 24.5 Å². The zero-order valence-electron chi connectivity index (χ0n) is 12.6. The molecule has 2 amide bonds. The highest BCUT2D eigenvalue weighted by Crippen LogP contribution is 2.29. The van der Waals surface area contributed by atoms with Gasteiger partial charge in [0.05, 0.1) is 17.5 Å². The van der Waals surface area contributed by atoms with Crippen molar-refractivity contribution in [3.05, 3.63) is 34.9 Å². The number of unbranched alkanes of at least 4 members (excludes halogenated alkanes) is 1. The Bertz CT molecular complexity index is 681. The van der Waals surface area contributed by atoms with Crippen LogP contribution in [-0.2, 0) is 16.0 Å². The molecule has 1 unspecified atom stereocenters. The molecule has 122 valence electrons. The Morgan fingerprint density at radius 1 is 1.17 bits per heavy atom. The van der Waals surface area contributed by atoms with Crippen molar-refractivity contribution in [1.29, 1.82) is 0 Å². The molecular formula is C16H17NO6. The number of imide groups is 1. The molecule has 7 heteroatoms. The number of carboxylic acids is 2. The van der Waals surface area contributed by atoms with E-state index in [4.69, 9.17) is 5.11 Å². The summed E-state index contributed by atoms with van der Waals surface area (Å²) in [7, 11) is 0. The predicted molar refractivity (Wildman–Crippen MR) is 79.2 cm³/mol. The summed E-state index contributed by atoms with van der Waals surface area (Å²) in [4.78, 5) is 47.7.